The number of hydrogen-bond donors (Lipinski definition) is 3. The van der Waals surface area contributed by atoms with Gasteiger partial charge in [0.15, 0.2) is 6.23 Å². The minimum absolute atomic E-state index is 0.0472. The molecule has 1 unspecified atom stereocenters. The van der Waals surface area contributed by atoms with Gasteiger partial charge >= 0.3 is 18.2 Å². The second-order valence-corrected chi connectivity index (χ2v) is 12.0. The van der Waals surface area contributed by atoms with Gasteiger partial charge in [0.2, 0.25) is 11.8 Å². The Balaban J connectivity index is 1.33. The van der Waals surface area contributed by atoms with Crippen LogP contribution in [0.2, 0.25) is 5.02 Å². The fourth-order valence-electron chi connectivity index (χ4n) is 6.10. The normalized spacial score (nSPS) is 18.6. The van der Waals surface area contributed by atoms with E-state index in [0.29, 0.717) is 47.8 Å². The lowest BCUT2D eigenvalue weighted by molar-refractivity contribution is -0.207. The number of para-hydroxylation sites is 1. The van der Waals surface area contributed by atoms with E-state index in [2.05, 4.69) is 20.7 Å². The van der Waals surface area contributed by atoms with E-state index in [4.69, 9.17) is 16.3 Å². The number of halogens is 4. The van der Waals surface area contributed by atoms with Gasteiger partial charge in [0.1, 0.15) is 12.1 Å². The Hall–Kier alpha value is -4.62. The number of rotatable bonds is 8. The molecule has 0 bridgehead atoms. The van der Waals surface area contributed by atoms with E-state index in [1.54, 1.807) is 65.6 Å². The number of anilines is 1. The Morgan fingerprint density at radius 1 is 0.958 bits per heavy atom. The van der Waals surface area contributed by atoms with Gasteiger partial charge in [-0.2, -0.15) is 13.2 Å². The van der Waals surface area contributed by atoms with E-state index in [1.165, 1.54) is 7.11 Å². The summed E-state index contributed by atoms with van der Waals surface area (Å²) in [6.45, 7) is 0.756. The van der Waals surface area contributed by atoms with Crippen molar-refractivity contribution in [3.63, 3.8) is 0 Å². The SMILES string of the molecule is COC(=O)Nc1ccccc1C1CCN(C(=O)[C@@H](Cc2ccc(Cl)cc2)NC(=O)C2N[C@@H](OC(=O)C(F)(F)F)Cc3ccccc32)CC1. The first-order chi connectivity index (χ1) is 22.9. The number of carbonyl (C=O) groups excluding carboxylic acids is 4. The van der Waals surface area contributed by atoms with Gasteiger partial charge in [0.25, 0.3) is 0 Å². The van der Waals surface area contributed by atoms with Crippen LogP contribution in [0, 0.1) is 0 Å². The minimum atomic E-state index is -5.21. The molecule has 2 heterocycles. The van der Waals surface area contributed by atoms with Crippen molar-refractivity contribution in [2.24, 2.45) is 0 Å². The maximum absolute atomic E-state index is 14.0. The van der Waals surface area contributed by atoms with E-state index in [9.17, 15) is 32.3 Å². The Morgan fingerprint density at radius 2 is 1.60 bits per heavy atom. The average Bonchev–Trinajstić information content (AvgIpc) is 3.08. The summed E-state index contributed by atoms with van der Waals surface area (Å²) in [5, 5.41) is 8.77. The van der Waals surface area contributed by atoms with Crippen molar-refractivity contribution in [1.82, 2.24) is 15.5 Å². The van der Waals surface area contributed by atoms with Crippen LogP contribution in [0.25, 0.3) is 0 Å². The second kappa shape index (κ2) is 15.1. The van der Waals surface area contributed by atoms with Crippen molar-refractivity contribution < 1.29 is 41.8 Å². The number of benzene rings is 3. The van der Waals surface area contributed by atoms with Crippen molar-refractivity contribution in [1.29, 1.82) is 0 Å². The number of amides is 3. The van der Waals surface area contributed by atoms with Crippen LogP contribution in [0.15, 0.2) is 72.8 Å². The molecule has 0 aliphatic carbocycles. The van der Waals surface area contributed by atoms with Gasteiger partial charge in [-0.3, -0.25) is 20.2 Å². The van der Waals surface area contributed by atoms with Crippen molar-refractivity contribution in [3.8, 4) is 0 Å². The number of piperidine rings is 1. The van der Waals surface area contributed by atoms with Crippen molar-refractivity contribution in [2.45, 2.75) is 56.1 Å². The number of esters is 1. The number of likely N-dealkylation sites (tertiary alicyclic amines) is 1. The van der Waals surface area contributed by atoms with Gasteiger partial charge in [-0.25, -0.2) is 9.59 Å². The second-order valence-electron chi connectivity index (χ2n) is 11.6. The third kappa shape index (κ3) is 8.45. The Bertz CT molecular complexity index is 1650. The molecule has 3 atom stereocenters. The highest BCUT2D eigenvalue weighted by atomic mass is 35.5. The van der Waals surface area contributed by atoms with Gasteiger partial charge in [-0.1, -0.05) is 66.2 Å². The van der Waals surface area contributed by atoms with Crippen LogP contribution >= 0.6 is 11.6 Å². The highest BCUT2D eigenvalue weighted by Crippen LogP contribution is 2.34. The van der Waals surface area contributed by atoms with Crippen molar-refractivity contribution in [2.75, 3.05) is 25.5 Å². The third-order valence-corrected chi connectivity index (χ3v) is 8.72. The van der Waals surface area contributed by atoms with Gasteiger partial charge in [-0.15, -0.1) is 0 Å². The molecule has 0 aromatic heterocycles. The average molecular weight is 687 g/mol. The molecular weight excluding hydrogens is 653 g/mol. The largest absolute Gasteiger partial charge is 0.490 e. The topological polar surface area (TPSA) is 126 Å². The molecule has 3 N–H and O–H groups in total. The van der Waals surface area contributed by atoms with E-state index < -0.39 is 42.5 Å². The van der Waals surface area contributed by atoms with Gasteiger partial charge in [0.05, 0.1) is 7.11 Å². The van der Waals surface area contributed by atoms with E-state index in [-0.39, 0.29) is 24.7 Å². The molecule has 1 saturated heterocycles. The van der Waals surface area contributed by atoms with Gasteiger partial charge in [0, 0.05) is 36.6 Å². The zero-order chi connectivity index (χ0) is 34.4. The molecule has 10 nitrogen and oxygen atoms in total. The standard InChI is InChI=1S/C34H34ClF3N4O6/c1-47-33(46)40-26-9-5-4-7-24(26)21-14-16-42(17-15-21)31(44)27(18-20-10-12-23(35)13-11-20)39-30(43)29-25-8-3-2-6-22(25)19-28(41-29)48-32(45)34(36,37)38/h2-13,21,27-29,41H,14-19H2,1H3,(H,39,43)(H,40,46)/t27-,28+,29?/m1/s1. The number of fused-ring (bicyclic) bond motifs is 1. The molecule has 3 aromatic carbocycles. The van der Waals surface area contributed by atoms with Crippen LogP contribution in [-0.4, -0.2) is 67.4 Å². The van der Waals surface area contributed by atoms with Crippen LogP contribution in [0.1, 0.15) is 47.1 Å². The quantitative estimate of drug-likeness (QED) is 0.276. The predicted molar refractivity (Wildman–Crippen MR) is 170 cm³/mol. The number of nitrogens with one attached hydrogen (secondary N) is 3. The summed E-state index contributed by atoms with van der Waals surface area (Å²) in [6, 6.07) is 18.6. The molecule has 2 aliphatic heterocycles. The van der Waals surface area contributed by atoms with Gasteiger partial charge in [-0.05, 0) is 59.2 Å². The Kier molecular flexibility index (Phi) is 10.9. The highest BCUT2D eigenvalue weighted by Gasteiger charge is 2.44. The smallest absolute Gasteiger partial charge is 0.453 e. The lowest BCUT2D eigenvalue weighted by Gasteiger charge is -2.36. The lowest BCUT2D eigenvalue weighted by atomic mass is 9.88. The molecule has 254 valence electrons. The molecule has 3 aromatic rings. The lowest BCUT2D eigenvalue weighted by Crippen LogP contribution is -2.55. The maximum atomic E-state index is 14.0. The molecule has 14 heteroatoms. The number of methoxy groups -OCH3 is 1. The first kappa shape index (κ1) is 34.7. The molecule has 3 amide bonds. The fourth-order valence-corrected chi connectivity index (χ4v) is 6.22. The molecule has 0 radical (unpaired) electrons. The van der Waals surface area contributed by atoms with Crippen molar-refractivity contribution >= 4 is 41.2 Å². The molecular formula is C34H34ClF3N4O6. The van der Waals surface area contributed by atoms with Crippen LogP contribution in [0.3, 0.4) is 0 Å². The molecule has 1 fully saturated rings. The highest BCUT2D eigenvalue weighted by molar-refractivity contribution is 6.30. The molecule has 2 aliphatic rings. The van der Waals surface area contributed by atoms with Gasteiger partial charge < -0.3 is 19.7 Å². The number of alkyl halides is 3. The zero-order valence-corrected chi connectivity index (χ0v) is 26.6. The summed E-state index contributed by atoms with van der Waals surface area (Å²) in [4.78, 5) is 53.1. The summed E-state index contributed by atoms with van der Waals surface area (Å²) in [7, 11) is 1.28. The molecule has 5 rings (SSSR count). The Morgan fingerprint density at radius 3 is 2.27 bits per heavy atom. The fraction of sp³-hybridized carbons (Fsp3) is 0.353. The monoisotopic (exact) mass is 686 g/mol. The summed E-state index contributed by atoms with van der Waals surface area (Å²) in [6.07, 6.45) is -5.99. The number of ether oxygens (including phenoxy) is 2. The van der Waals surface area contributed by atoms with E-state index >= 15 is 0 Å². The van der Waals surface area contributed by atoms with Crippen LogP contribution in [0.5, 0.6) is 0 Å². The van der Waals surface area contributed by atoms with Crippen LogP contribution in [-0.2, 0) is 36.7 Å². The number of carbonyl (C=O) groups is 4. The summed E-state index contributed by atoms with van der Waals surface area (Å²) in [5.41, 5.74) is 3.29. The van der Waals surface area contributed by atoms with Crippen LogP contribution < -0.4 is 16.0 Å². The molecule has 48 heavy (non-hydrogen) atoms. The molecule has 0 spiro atoms. The summed E-state index contributed by atoms with van der Waals surface area (Å²) < 4.78 is 48.3. The third-order valence-electron chi connectivity index (χ3n) is 8.46. The number of nitrogens with zero attached hydrogens (tertiary/aromatic N) is 1. The minimum Gasteiger partial charge on any atom is -0.453 e. The predicted octanol–water partition coefficient (Wildman–Crippen LogP) is 5.27. The zero-order valence-electron chi connectivity index (χ0n) is 25.9. The van der Waals surface area contributed by atoms with E-state index in [1.807, 2.05) is 12.1 Å². The maximum Gasteiger partial charge on any atom is 0.490 e. The van der Waals surface area contributed by atoms with Crippen molar-refractivity contribution in [3.05, 3.63) is 100 Å². The Labute approximate surface area is 279 Å². The van der Waals surface area contributed by atoms with E-state index in [0.717, 1.165) is 11.1 Å². The molecule has 0 saturated carbocycles. The summed E-state index contributed by atoms with van der Waals surface area (Å²) >= 11 is 6.07. The summed E-state index contributed by atoms with van der Waals surface area (Å²) in [5.74, 6) is -3.32. The first-order valence-corrected chi connectivity index (χ1v) is 15.7. The number of hydrogen-bond acceptors (Lipinski definition) is 7. The first-order valence-electron chi connectivity index (χ1n) is 15.3. The van der Waals surface area contributed by atoms with Crippen LogP contribution in [0.4, 0.5) is 23.7 Å².